The molecule has 0 radical (unpaired) electrons. The molecule has 3 atom stereocenters. The van der Waals surface area contributed by atoms with E-state index >= 15 is 0 Å². The molecule has 1 aromatic rings. The van der Waals surface area contributed by atoms with Gasteiger partial charge in [0.1, 0.15) is 5.75 Å². The van der Waals surface area contributed by atoms with E-state index in [2.05, 4.69) is 10.9 Å². The summed E-state index contributed by atoms with van der Waals surface area (Å²) in [5.41, 5.74) is 13.5. The minimum absolute atomic E-state index is 0.0315. The van der Waals surface area contributed by atoms with Gasteiger partial charge in [0.15, 0.2) is 0 Å². The third-order valence-corrected chi connectivity index (χ3v) is 3.34. The average Bonchev–Trinajstić information content (AvgIpc) is 2.63. The lowest BCUT2D eigenvalue weighted by molar-refractivity contribution is 0.340. The zero-order valence-corrected chi connectivity index (χ0v) is 10.8. The minimum Gasteiger partial charge on any atom is -0.492 e. The third-order valence-electron chi connectivity index (χ3n) is 3.04. The maximum atomic E-state index is 6.16. The van der Waals surface area contributed by atoms with Crippen LogP contribution < -0.4 is 21.3 Å². The summed E-state index contributed by atoms with van der Waals surface area (Å²) in [7, 11) is 0. The molecule has 3 unspecified atom stereocenters. The molecule has 1 aromatic carbocycles. The number of hydrogen-bond donors (Lipinski definition) is 3. The molecule has 0 aliphatic carbocycles. The van der Waals surface area contributed by atoms with Gasteiger partial charge in [-0.1, -0.05) is 17.7 Å². The van der Waals surface area contributed by atoms with Gasteiger partial charge in [-0.05, 0) is 31.5 Å². The van der Waals surface area contributed by atoms with E-state index in [4.69, 9.17) is 22.1 Å². The van der Waals surface area contributed by atoms with Crippen LogP contribution in [-0.2, 0) is 0 Å². The van der Waals surface area contributed by atoms with Gasteiger partial charge in [0.2, 0.25) is 0 Å². The number of halogens is 1. The predicted octanol–water partition coefficient (Wildman–Crippen LogP) is 1.60. The van der Waals surface area contributed by atoms with Crippen LogP contribution in [0.3, 0.4) is 0 Å². The number of benzene rings is 1. The van der Waals surface area contributed by atoms with Crippen molar-refractivity contribution in [3.63, 3.8) is 0 Å². The Morgan fingerprint density at radius 3 is 2.71 bits per heavy atom. The summed E-state index contributed by atoms with van der Waals surface area (Å²) in [5, 5.41) is 0.623. The van der Waals surface area contributed by atoms with Gasteiger partial charge in [0.05, 0.1) is 17.7 Å². The van der Waals surface area contributed by atoms with E-state index in [9.17, 15) is 0 Å². The van der Waals surface area contributed by atoms with E-state index in [0.717, 1.165) is 5.56 Å². The number of nitrogens with one attached hydrogen (secondary N) is 2. The number of hydrazine groups is 1. The van der Waals surface area contributed by atoms with Crippen molar-refractivity contribution in [2.45, 2.75) is 32.0 Å². The molecular weight excluding hydrogens is 238 g/mol. The van der Waals surface area contributed by atoms with Gasteiger partial charge in [-0.2, -0.15) is 0 Å². The molecule has 17 heavy (non-hydrogen) atoms. The maximum Gasteiger partial charge on any atom is 0.137 e. The molecule has 2 rings (SSSR count). The Morgan fingerprint density at radius 1 is 1.41 bits per heavy atom. The average molecular weight is 256 g/mol. The zero-order chi connectivity index (χ0) is 12.4. The van der Waals surface area contributed by atoms with E-state index in [1.807, 2.05) is 32.0 Å². The molecule has 4 N–H and O–H groups in total. The van der Waals surface area contributed by atoms with Crippen molar-refractivity contribution < 1.29 is 4.74 Å². The molecule has 0 amide bonds. The SMILES string of the molecule is CCOc1ccc(C2NNC(C)C2N)cc1Cl. The Labute approximate surface area is 106 Å². The van der Waals surface area contributed by atoms with Crippen LogP contribution in [0.15, 0.2) is 18.2 Å². The lowest BCUT2D eigenvalue weighted by Gasteiger charge is -2.17. The fourth-order valence-electron chi connectivity index (χ4n) is 1.99. The summed E-state index contributed by atoms with van der Waals surface area (Å²) in [5.74, 6) is 0.713. The predicted molar refractivity (Wildman–Crippen MR) is 69.1 cm³/mol. The highest BCUT2D eigenvalue weighted by atomic mass is 35.5. The number of ether oxygens (including phenoxy) is 1. The first kappa shape index (κ1) is 12.6. The molecule has 94 valence electrons. The molecule has 0 bridgehead atoms. The minimum atomic E-state index is 0.0315. The van der Waals surface area contributed by atoms with Gasteiger partial charge in [-0.15, -0.1) is 0 Å². The van der Waals surface area contributed by atoms with Crippen LogP contribution in [-0.4, -0.2) is 18.7 Å². The summed E-state index contributed by atoms with van der Waals surface area (Å²) in [6, 6.07) is 6.14. The quantitative estimate of drug-likeness (QED) is 0.768. The molecule has 1 fully saturated rings. The Hall–Kier alpha value is -0.810. The van der Waals surface area contributed by atoms with Crippen molar-refractivity contribution in [3.8, 4) is 5.75 Å². The van der Waals surface area contributed by atoms with E-state index in [1.54, 1.807) is 0 Å². The van der Waals surface area contributed by atoms with E-state index < -0.39 is 0 Å². The normalized spacial score (nSPS) is 28.4. The van der Waals surface area contributed by atoms with E-state index in [0.29, 0.717) is 17.4 Å². The first-order chi connectivity index (χ1) is 8.13. The molecule has 0 aromatic heterocycles. The second-order valence-corrected chi connectivity index (χ2v) is 4.66. The molecule has 0 spiro atoms. The summed E-state index contributed by atoms with van der Waals surface area (Å²) < 4.78 is 5.40. The van der Waals surface area contributed by atoms with Gasteiger partial charge in [0, 0.05) is 12.1 Å². The Morgan fingerprint density at radius 2 is 2.18 bits per heavy atom. The fraction of sp³-hybridized carbons (Fsp3) is 0.500. The van der Waals surface area contributed by atoms with Crippen molar-refractivity contribution in [3.05, 3.63) is 28.8 Å². The summed E-state index contributed by atoms with van der Waals surface area (Å²) in [6.45, 7) is 4.59. The summed E-state index contributed by atoms with van der Waals surface area (Å²) in [4.78, 5) is 0. The molecule has 4 nitrogen and oxygen atoms in total. The number of nitrogens with two attached hydrogens (primary N) is 1. The first-order valence-electron chi connectivity index (χ1n) is 5.82. The van der Waals surface area contributed by atoms with E-state index in [-0.39, 0.29) is 18.1 Å². The van der Waals surface area contributed by atoms with Crippen molar-refractivity contribution in [1.82, 2.24) is 10.9 Å². The standard InChI is InChI=1S/C12H18ClN3O/c1-3-17-10-5-4-8(6-9(10)13)12-11(14)7(2)15-16-12/h4-7,11-12,15-16H,3,14H2,1-2H3. The van der Waals surface area contributed by atoms with Crippen molar-refractivity contribution >= 4 is 11.6 Å². The summed E-state index contributed by atoms with van der Waals surface area (Å²) in [6.07, 6.45) is 0. The van der Waals surface area contributed by atoms with Gasteiger partial charge in [-0.25, -0.2) is 5.43 Å². The molecule has 1 aliphatic rings. The molecule has 5 heteroatoms. The Kier molecular flexibility index (Phi) is 3.89. The molecule has 1 aliphatic heterocycles. The third kappa shape index (κ3) is 2.55. The van der Waals surface area contributed by atoms with Crippen molar-refractivity contribution in [2.75, 3.05) is 6.61 Å². The Bertz CT molecular complexity index is 399. The van der Waals surface area contributed by atoms with E-state index in [1.165, 1.54) is 0 Å². The van der Waals surface area contributed by atoms with Gasteiger partial charge >= 0.3 is 0 Å². The number of hydrogen-bond acceptors (Lipinski definition) is 4. The monoisotopic (exact) mass is 255 g/mol. The Balaban J connectivity index is 2.20. The molecular formula is C12H18ClN3O. The highest BCUT2D eigenvalue weighted by molar-refractivity contribution is 6.32. The highest BCUT2D eigenvalue weighted by Gasteiger charge is 2.31. The van der Waals surface area contributed by atoms with Crippen LogP contribution >= 0.6 is 11.6 Å². The van der Waals surface area contributed by atoms with Gasteiger partial charge in [-0.3, -0.25) is 5.43 Å². The molecule has 1 saturated heterocycles. The topological polar surface area (TPSA) is 59.3 Å². The van der Waals surface area contributed by atoms with Crippen LogP contribution in [0.4, 0.5) is 0 Å². The van der Waals surface area contributed by atoms with Crippen molar-refractivity contribution in [2.24, 2.45) is 5.73 Å². The fourth-order valence-corrected chi connectivity index (χ4v) is 2.23. The second kappa shape index (κ2) is 5.23. The maximum absolute atomic E-state index is 6.16. The lowest BCUT2D eigenvalue weighted by Crippen LogP contribution is -2.35. The van der Waals surface area contributed by atoms with Crippen LogP contribution in [0.1, 0.15) is 25.5 Å². The van der Waals surface area contributed by atoms with Crippen LogP contribution in [0.2, 0.25) is 5.02 Å². The van der Waals surface area contributed by atoms with Crippen LogP contribution in [0.5, 0.6) is 5.75 Å². The largest absolute Gasteiger partial charge is 0.492 e. The molecule has 1 heterocycles. The summed E-state index contributed by atoms with van der Waals surface area (Å²) >= 11 is 6.16. The van der Waals surface area contributed by atoms with Gasteiger partial charge in [0.25, 0.3) is 0 Å². The zero-order valence-electron chi connectivity index (χ0n) is 10.0. The van der Waals surface area contributed by atoms with Gasteiger partial charge < -0.3 is 10.5 Å². The highest BCUT2D eigenvalue weighted by Crippen LogP contribution is 2.30. The first-order valence-corrected chi connectivity index (χ1v) is 6.20. The lowest BCUT2D eigenvalue weighted by atomic mass is 9.98. The molecule has 0 saturated carbocycles. The second-order valence-electron chi connectivity index (χ2n) is 4.26. The van der Waals surface area contributed by atoms with Crippen LogP contribution in [0.25, 0.3) is 0 Å². The van der Waals surface area contributed by atoms with Crippen molar-refractivity contribution in [1.29, 1.82) is 0 Å². The smallest absolute Gasteiger partial charge is 0.137 e. The number of rotatable bonds is 3. The van der Waals surface area contributed by atoms with Crippen LogP contribution in [0, 0.1) is 0 Å².